The fourth-order valence-corrected chi connectivity index (χ4v) is 6.12. The molecule has 0 bridgehead atoms. The van der Waals surface area contributed by atoms with Gasteiger partial charge in [-0.15, -0.1) is 11.3 Å². The Morgan fingerprint density at radius 3 is 2.71 bits per heavy atom. The monoisotopic (exact) mass is 349 g/mol. The molecule has 0 unspecified atom stereocenters. The van der Waals surface area contributed by atoms with Crippen molar-refractivity contribution in [2.45, 2.75) is 77.7 Å². The third kappa shape index (κ3) is 3.28. The third-order valence-electron chi connectivity index (χ3n) is 6.15. The lowest BCUT2D eigenvalue weighted by Gasteiger charge is -2.37. The van der Waals surface area contributed by atoms with Crippen molar-refractivity contribution in [2.24, 2.45) is 5.41 Å². The molecule has 0 saturated heterocycles. The number of thiophene rings is 1. The number of aryl methyl sites for hydroxylation is 1. The van der Waals surface area contributed by atoms with E-state index >= 15 is 0 Å². The van der Waals surface area contributed by atoms with Crippen LogP contribution < -0.4 is 0 Å². The van der Waals surface area contributed by atoms with Crippen LogP contribution in [0.5, 0.6) is 0 Å². The van der Waals surface area contributed by atoms with Gasteiger partial charge in [0, 0.05) is 21.7 Å². The first-order valence-electron chi connectivity index (χ1n) is 9.42. The number of carbonyl (C=O) groups is 1. The quantitative estimate of drug-likeness (QED) is 0.837. The van der Waals surface area contributed by atoms with E-state index in [1.165, 1.54) is 35.4 Å². The van der Waals surface area contributed by atoms with Crippen molar-refractivity contribution in [3.8, 4) is 0 Å². The first-order chi connectivity index (χ1) is 11.3. The molecule has 1 heterocycles. The summed E-state index contributed by atoms with van der Waals surface area (Å²) < 4.78 is 0. The Morgan fingerprint density at radius 1 is 1.33 bits per heavy atom. The van der Waals surface area contributed by atoms with Gasteiger partial charge in [-0.1, -0.05) is 33.6 Å². The number of hydrogen-bond donors (Lipinski definition) is 1. The molecule has 2 atom stereocenters. The van der Waals surface area contributed by atoms with Gasteiger partial charge in [-0.05, 0) is 56.7 Å². The average molecular weight is 350 g/mol. The minimum absolute atomic E-state index is 0.224. The maximum Gasteiger partial charge on any atom is 0.337 e. The van der Waals surface area contributed by atoms with Crippen LogP contribution in [0, 0.1) is 5.41 Å². The Labute approximate surface area is 150 Å². The number of rotatable bonds is 4. The molecule has 0 aromatic carbocycles. The van der Waals surface area contributed by atoms with E-state index in [1.807, 2.05) is 11.3 Å². The summed E-state index contributed by atoms with van der Waals surface area (Å²) >= 11 is 1.82. The number of carboxylic acid groups (broad SMARTS) is 1. The maximum atomic E-state index is 12.1. The smallest absolute Gasteiger partial charge is 0.337 e. The summed E-state index contributed by atoms with van der Waals surface area (Å²) in [5, 5.41) is 9.99. The second-order valence-corrected chi connectivity index (χ2v) is 9.56. The van der Waals surface area contributed by atoms with Crippen molar-refractivity contribution >= 4 is 17.3 Å². The summed E-state index contributed by atoms with van der Waals surface area (Å²) in [7, 11) is 2.19. The van der Waals surface area contributed by atoms with Crippen LogP contribution in [-0.4, -0.2) is 35.6 Å². The standard InChI is InChI=1S/C20H31NO2S/c1-5-21(4)15-9-7-6-8-13(15)18-17(19(22)23)14-12-20(2,3)11-10-16(14)24-18/h13,15H,5-12H2,1-4H3,(H,22,23)/t13-,15+/m1/s1. The molecule has 0 amide bonds. The molecule has 1 aromatic rings. The largest absolute Gasteiger partial charge is 0.478 e. The predicted octanol–water partition coefficient (Wildman–Crippen LogP) is 4.94. The fourth-order valence-electron chi connectivity index (χ4n) is 4.62. The van der Waals surface area contributed by atoms with E-state index in [1.54, 1.807) is 0 Å². The van der Waals surface area contributed by atoms with Gasteiger partial charge in [0.05, 0.1) is 5.56 Å². The Morgan fingerprint density at radius 2 is 2.04 bits per heavy atom. The number of fused-ring (bicyclic) bond motifs is 1. The molecule has 134 valence electrons. The Balaban J connectivity index is 2.04. The van der Waals surface area contributed by atoms with Crippen molar-refractivity contribution in [1.82, 2.24) is 4.90 Å². The molecule has 4 heteroatoms. The molecule has 0 aliphatic heterocycles. The number of carboxylic acids is 1. The van der Waals surface area contributed by atoms with Crippen LogP contribution >= 0.6 is 11.3 Å². The zero-order valence-electron chi connectivity index (χ0n) is 15.5. The zero-order chi connectivity index (χ0) is 17.5. The molecule has 1 fully saturated rings. The van der Waals surface area contributed by atoms with Gasteiger partial charge in [0.15, 0.2) is 0 Å². The van der Waals surface area contributed by atoms with Gasteiger partial charge < -0.3 is 10.0 Å². The molecule has 1 aromatic heterocycles. The van der Waals surface area contributed by atoms with Crippen molar-refractivity contribution in [3.63, 3.8) is 0 Å². The molecule has 3 nitrogen and oxygen atoms in total. The highest BCUT2D eigenvalue weighted by Crippen LogP contribution is 2.47. The molecule has 0 radical (unpaired) electrons. The van der Waals surface area contributed by atoms with Gasteiger partial charge in [-0.25, -0.2) is 4.79 Å². The summed E-state index contributed by atoms with van der Waals surface area (Å²) in [5.74, 6) is -0.308. The lowest BCUT2D eigenvalue weighted by molar-refractivity contribution is 0.0692. The average Bonchev–Trinajstić information content (AvgIpc) is 2.91. The highest BCUT2D eigenvalue weighted by atomic mass is 32.1. The number of nitrogens with zero attached hydrogens (tertiary/aromatic N) is 1. The normalized spacial score (nSPS) is 26.4. The molecule has 1 saturated carbocycles. The van der Waals surface area contributed by atoms with E-state index < -0.39 is 5.97 Å². The molecule has 3 rings (SSSR count). The first kappa shape index (κ1) is 17.9. The van der Waals surface area contributed by atoms with Gasteiger partial charge >= 0.3 is 5.97 Å². The fraction of sp³-hybridized carbons (Fsp3) is 0.750. The second-order valence-electron chi connectivity index (χ2n) is 8.42. The molecule has 1 N–H and O–H groups in total. The van der Waals surface area contributed by atoms with Crippen LogP contribution in [0.25, 0.3) is 0 Å². The summed E-state index contributed by atoms with van der Waals surface area (Å²) in [6.45, 7) is 7.77. The van der Waals surface area contributed by atoms with Gasteiger partial charge in [0.2, 0.25) is 0 Å². The minimum Gasteiger partial charge on any atom is -0.478 e. The lowest BCUT2D eigenvalue weighted by Crippen LogP contribution is -2.38. The number of hydrogen-bond acceptors (Lipinski definition) is 3. The number of aromatic carboxylic acids is 1. The maximum absolute atomic E-state index is 12.1. The molecule has 2 aliphatic carbocycles. The van der Waals surface area contributed by atoms with E-state index in [4.69, 9.17) is 0 Å². The first-order valence-corrected chi connectivity index (χ1v) is 10.2. The van der Waals surface area contributed by atoms with E-state index in [-0.39, 0.29) is 5.41 Å². The van der Waals surface area contributed by atoms with Gasteiger partial charge in [-0.3, -0.25) is 0 Å². The topological polar surface area (TPSA) is 40.5 Å². The summed E-state index contributed by atoms with van der Waals surface area (Å²) in [5.41, 5.74) is 2.05. The summed E-state index contributed by atoms with van der Waals surface area (Å²) in [6.07, 6.45) is 7.97. The second kappa shape index (κ2) is 6.80. The third-order valence-corrected chi connectivity index (χ3v) is 7.57. The molecular formula is C20H31NO2S. The van der Waals surface area contributed by atoms with Crippen molar-refractivity contribution in [2.75, 3.05) is 13.6 Å². The predicted molar refractivity (Wildman–Crippen MR) is 100 cm³/mol. The minimum atomic E-state index is -0.705. The van der Waals surface area contributed by atoms with Crippen LogP contribution in [-0.2, 0) is 12.8 Å². The number of likely N-dealkylation sites (N-methyl/N-ethyl adjacent to an activating group) is 1. The van der Waals surface area contributed by atoms with E-state index in [9.17, 15) is 9.90 Å². The lowest BCUT2D eigenvalue weighted by atomic mass is 9.75. The highest BCUT2D eigenvalue weighted by Gasteiger charge is 2.38. The van der Waals surface area contributed by atoms with Gasteiger partial charge in [0.1, 0.15) is 0 Å². The van der Waals surface area contributed by atoms with Crippen LogP contribution in [0.15, 0.2) is 0 Å². The Bertz CT molecular complexity index is 619. The summed E-state index contributed by atoms with van der Waals surface area (Å²) in [4.78, 5) is 17.1. The SMILES string of the molecule is CCN(C)[C@H]1CCCC[C@H]1c1sc2c(c1C(=O)O)CC(C)(C)CC2. The molecule has 0 spiro atoms. The van der Waals surface area contributed by atoms with Crippen molar-refractivity contribution < 1.29 is 9.90 Å². The van der Waals surface area contributed by atoms with Crippen LogP contribution in [0.1, 0.15) is 84.5 Å². The highest BCUT2D eigenvalue weighted by molar-refractivity contribution is 7.12. The Hall–Kier alpha value is -0.870. The molecular weight excluding hydrogens is 318 g/mol. The Kier molecular flexibility index (Phi) is 5.08. The van der Waals surface area contributed by atoms with Crippen molar-refractivity contribution in [1.29, 1.82) is 0 Å². The zero-order valence-corrected chi connectivity index (χ0v) is 16.3. The van der Waals surface area contributed by atoms with Crippen LogP contribution in [0.4, 0.5) is 0 Å². The van der Waals surface area contributed by atoms with Gasteiger partial charge in [0.25, 0.3) is 0 Å². The van der Waals surface area contributed by atoms with Crippen molar-refractivity contribution in [3.05, 3.63) is 20.9 Å². The summed E-state index contributed by atoms with van der Waals surface area (Å²) in [6, 6.07) is 0.495. The van der Waals surface area contributed by atoms with Crippen LogP contribution in [0.2, 0.25) is 0 Å². The van der Waals surface area contributed by atoms with Crippen LogP contribution in [0.3, 0.4) is 0 Å². The van der Waals surface area contributed by atoms with E-state index in [0.717, 1.165) is 31.4 Å². The molecule has 24 heavy (non-hydrogen) atoms. The molecule has 2 aliphatic rings. The van der Waals surface area contributed by atoms with E-state index in [2.05, 4.69) is 32.7 Å². The van der Waals surface area contributed by atoms with Gasteiger partial charge in [-0.2, -0.15) is 0 Å². The van der Waals surface area contributed by atoms with E-state index in [0.29, 0.717) is 17.5 Å².